The van der Waals surface area contributed by atoms with Gasteiger partial charge in [0.15, 0.2) is 0 Å². The van der Waals surface area contributed by atoms with Crippen LogP contribution in [0.2, 0.25) is 10.0 Å². The Balaban J connectivity index is 1.59. The summed E-state index contributed by atoms with van der Waals surface area (Å²) < 4.78 is 9.56. The molecule has 3 aromatic heterocycles. The topological polar surface area (TPSA) is 64.3 Å². The number of carbonyl (C=O) groups is 1. The van der Waals surface area contributed by atoms with Crippen molar-refractivity contribution in [1.82, 2.24) is 9.55 Å². The summed E-state index contributed by atoms with van der Waals surface area (Å²) in [4.78, 5) is 16.9. The van der Waals surface area contributed by atoms with E-state index in [2.05, 4.69) is 37.5 Å². The van der Waals surface area contributed by atoms with Crippen molar-refractivity contribution in [2.24, 2.45) is 10.8 Å². The third-order valence-electron chi connectivity index (χ3n) is 7.23. The SMILES string of the molecule is CC(C)(C)Cc1c(CC(C)(C)C(=O)O)n(Cc2ccc(Cl)cc2)c2ccc(OCc3ccc4scc(Cl)c4n3)cc12. The molecule has 1 N–H and O–H groups in total. The van der Waals surface area contributed by atoms with Crippen LogP contribution in [-0.2, 0) is 30.8 Å². The van der Waals surface area contributed by atoms with Crippen LogP contribution in [0, 0.1) is 10.8 Å². The van der Waals surface area contributed by atoms with Crippen LogP contribution in [0.4, 0.5) is 0 Å². The minimum Gasteiger partial charge on any atom is -0.487 e. The Labute approximate surface area is 254 Å². The van der Waals surface area contributed by atoms with E-state index in [4.69, 9.17) is 32.9 Å². The molecule has 5 rings (SSSR count). The normalized spacial score (nSPS) is 12.4. The molecule has 0 saturated carbocycles. The molecule has 8 heteroatoms. The van der Waals surface area contributed by atoms with E-state index >= 15 is 0 Å². The highest BCUT2D eigenvalue weighted by atomic mass is 35.5. The first-order valence-electron chi connectivity index (χ1n) is 13.6. The molecule has 0 saturated heterocycles. The summed E-state index contributed by atoms with van der Waals surface area (Å²) in [7, 11) is 0. The second-order valence-electron chi connectivity index (χ2n) is 12.4. The molecule has 0 aliphatic rings. The second kappa shape index (κ2) is 11.3. The monoisotopic (exact) mass is 608 g/mol. The smallest absolute Gasteiger partial charge is 0.309 e. The molecule has 0 aliphatic carbocycles. The van der Waals surface area contributed by atoms with Crippen LogP contribution in [0.5, 0.6) is 5.75 Å². The zero-order valence-electron chi connectivity index (χ0n) is 23.9. The van der Waals surface area contributed by atoms with E-state index in [1.54, 1.807) is 25.2 Å². The van der Waals surface area contributed by atoms with Crippen LogP contribution in [0.25, 0.3) is 21.1 Å². The molecule has 0 atom stereocenters. The van der Waals surface area contributed by atoms with Crippen molar-refractivity contribution in [3.8, 4) is 5.75 Å². The fourth-order valence-corrected chi connectivity index (χ4v) is 6.30. The summed E-state index contributed by atoms with van der Waals surface area (Å²) in [5.74, 6) is -0.0830. The predicted octanol–water partition coefficient (Wildman–Crippen LogP) is 9.43. The van der Waals surface area contributed by atoms with Crippen molar-refractivity contribution in [2.45, 2.75) is 60.6 Å². The number of aromatic nitrogens is 2. The van der Waals surface area contributed by atoms with Gasteiger partial charge >= 0.3 is 5.97 Å². The number of carboxylic acid groups (broad SMARTS) is 1. The number of nitrogens with zero attached hydrogens (tertiary/aromatic N) is 2. The van der Waals surface area contributed by atoms with E-state index in [0.29, 0.717) is 29.6 Å². The van der Waals surface area contributed by atoms with Gasteiger partial charge < -0.3 is 14.4 Å². The molecule has 214 valence electrons. The first kappa shape index (κ1) is 29.4. The molecule has 5 nitrogen and oxygen atoms in total. The number of rotatable bonds is 9. The highest BCUT2D eigenvalue weighted by molar-refractivity contribution is 7.17. The van der Waals surface area contributed by atoms with Gasteiger partial charge in [-0.05, 0) is 79.3 Å². The van der Waals surface area contributed by atoms with Crippen molar-refractivity contribution in [1.29, 1.82) is 0 Å². The maximum absolute atomic E-state index is 12.2. The van der Waals surface area contributed by atoms with Crippen LogP contribution in [0.3, 0.4) is 0 Å². The fraction of sp³-hybridized carbons (Fsp3) is 0.333. The van der Waals surface area contributed by atoms with Gasteiger partial charge in [-0.15, -0.1) is 11.3 Å². The quantitative estimate of drug-likeness (QED) is 0.181. The summed E-state index contributed by atoms with van der Waals surface area (Å²) in [5.41, 5.74) is 4.98. The van der Waals surface area contributed by atoms with E-state index in [0.717, 1.165) is 55.8 Å². The van der Waals surface area contributed by atoms with Gasteiger partial charge in [-0.2, -0.15) is 0 Å². The number of fused-ring (bicyclic) bond motifs is 2. The molecule has 0 unspecified atom stereocenters. The van der Waals surface area contributed by atoms with E-state index < -0.39 is 11.4 Å². The highest BCUT2D eigenvalue weighted by Gasteiger charge is 2.32. The first-order valence-corrected chi connectivity index (χ1v) is 15.2. The molecular weight excluding hydrogens is 575 g/mol. The summed E-state index contributed by atoms with van der Waals surface area (Å²) in [6.45, 7) is 11.1. The lowest BCUT2D eigenvalue weighted by molar-refractivity contribution is -0.146. The van der Waals surface area contributed by atoms with Crippen molar-refractivity contribution < 1.29 is 14.6 Å². The molecule has 5 aromatic rings. The third-order valence-corrected chi connectivity index (χ3v) is 8.83. The lowest BCUT2D eigenvalue weighted by Crippen LogP contribution is -2.28. The van der Waals surface area contributed by atoms with Crippen LogP contribution in [-0.4, -0.2) is 20.6 Å². The lowest BCUT2D eigenvalue weighted by atomic mass is 9.82. The Morgan fingerprint density at radius 1 is 1.00 bits per heavy atom. The van der Waals surface area contributed by atoms with E-state index in [1.807, 2.05) is 47.8 Å². The number of halogens is 2. The minimum absolute atomic E-state index is 0.0164. The van der Waals surface area contributed by atoms with E-state index in [-0.39, 0.29) is 5.41 Å². The van der Waals surface area contributed by atoms with Crippen molar-refractivity contribution in [2.75, 3.05) is 0 Å². The number of ether oxygens (including phenoxy) is 1. The molecule has 3 heterocycles. The molecule has 0 radical (unpaired) electrons. The summed E-state index contributed by atoms with van der Waals surface area (Å²) in [5, 5.41) is 14.4. The molecule has 0 spiro atoms. The molecule has 0 aliphatic heterocycles. The van der Waals surface area contributed by atoms with Crippen molar-refractivity contribution >= 4 is 61.6 Å². The van der Waals surface area contributed by atoms with Gasteiger partial charge in [0.25, 0.3) is 0 Å². The molecule has 0 amide bonds. The number of hydrogen-bond donors (Lipinski definition) is 1. The van der Waals surface area contributed by atoms with Crippen LogP contribution in [0.1, 0.15) is 57.1 Å². The Kier molecular flexibility index (Phi) is 8.12. The Morgan fingerprint density at radius 3 is 2.41 bits per heavy atom. The molecule has 0 fully saturated rings. The number of thiophene rings is 1. The minimum atomic E-state index is -0.939. The molecule has 2 aromatic carbocycles. The zero-order valence-corrected chi connectivity index (χ0v) is 26.3. The fourth-order valence-electron chi connectivity index (χ4n) is 5.08. The molecular formula is C33H34Cl2N2O3S. The second-order valence-corrected chi connectivity index (χ2v) is 14.2. The Bertz CT molecular complexity index is 1730. The largest absolute Gasteiger partial charge is 0.487 e. The number of carboxylic acids is 1. The molecule has 0 bridgehead atoms. The standard InChI is InChI=1S/C33H34Cl2N2O3S/c1-32(2,3)15-25-24-14-23(40-18-22-10-13-29-30(36-22)26(35)19-41-29)11-12-27(24)37(17-20-6-8-21(34)9-7-20)28(25)16-33(4,5)31(38)39/h6-14,19H,15-18H2,1-5H3,(H,38,39). The van der Waals surface area contributed by atoms with Gasteiger partial charge in [0.1, 0.15) is 17.9 Å². The van der Waals surface area contributed by atoms with Gasteiger partial charge in [0.05, 0.1) is 20.8 Å². The third kappa shape index (κ3) is 6.56. The highest BCUT2D eigenvalue weighted by Crippen LogP contribution is 2.38. The number of benzene rings is 2. The van der Waals surface area contributed by atoms with Crippen LogP contribution in [0.15, 0.2) is 60.0 Å². The maximum Gasteiger partial charge on any atom is 0.309 e. The van der Waals surface area contributed by atoms with Gasteiger partial charge in [-0.3, -0.25) is 4.79 Å². The van der Waals surface area contributed by atoms with Gasteiger partial charge in [-0.25, -0.2) is 4.98 Å². The van der Waals surface area contributed by atoms with Crippen LogP contribution < -0.4 is 4.74 Å². The maximum atomic E-state index is 12.2. The van der Waals surface area contributed by atoms with Crippen molar-refractivity contribution in [3.63, 3.8) is 0 Å². The summed E-state index contributed by atoms with van der Waals surface area (Å²) in [6, 6.07) is 17.9. The number of hydrogen-bond acceptors (Lipinski definition) is 4. The molecule has 41 heavy (non-hydrogen) atoms. The zero-order chi connectivity index (χ0) is 29.5. The number of pyridine rings is 1. The van der Waals surface area contributed by atoms with Gasteiger partial charge in [-0.1, -0.05) is 56.1 Å². The average Bonchev–Trinajstić information content (AvgIpc) is 3.40. The Morgan fingerprint density at radius 2 is 1.73 bits per heavy atom. The van der Waals surface area contributed by atoms with Crippen molar-refractivity contribution in [3.05, 3.63) is 92.5 Å². The van der Waals surface area contributed by atoms with Gasteiger partial charge in [0.2, 0.25) is 0 Å². The predicted molar refractivity (Wildman–Crippen MR) is 170 cm³/mol. The summed E-state index contributed by atoms with van der Waals surface area (Å²) in [6.07, 6.45) is 1.19. The Hall–Kier alpha value is -3.06. The first-order chi connectivity index (χ1) is 19.3. The van der Waals surface area contributed by atoms with Gasteiger partial charge in [0, 0.05) is 40.0 Å². The number of aliphatic carboxylic acids is 1. The summed E-state index contributed by atoms with van der Waals surface area (Å²) >= 11 is 14.0. The van der Waals surface area contributed by atoms with E-state index in [1.165, 1.54) is 0 Å². The average molecular weight is 610 g/mol. The lowest BCUT2D eigenvalue weighted by Gasteiger charge is -2.24. The van der Waals surface area contributed by atoms with E-state index in [9.17, 15) is 9.90 Å². The van der Waals surface area contributed by atoms with Crippen LogP contribution >= 0.6 is 34.5 Å².